The Morgan fingerprint density at radius 2 is 2.05 bits per heavy atom. The fraction of sp³-hybridized carbons (Fsp3) is 0.273. The van der Waals surface area contributed by atoms with Crippen molar-refractivity contribution in [1.82, 2.24) is 10.1 Å². The molecule has 0 unspecified atom stereocenters. The number of hydrogen-bond donors (Lipinski definition) is 1. The number of anilines is 1. The standard InChI is InChI=1S/C11H9F4N3O/c1-6-17-10(18-19-6)5-16-9-4-7(11(13,14)15)2-3-8(9)12/h2-4,16H,5H2,1H3. The number of aromatic nitrogens is 2. The average Bonchev–Trinajstić information content (AvgIpc) is 2.72. The molecule has 0 bridgehead atoms. The minimum atomic E-state index is -4.52. The van der Waals surface area contributed by atoms with Gasteiger partial charge in [0.1, 0.15) is 5.82 Å². The van der Waals surface area contributed by atoms with Crippen molar-refractivity contribution in [3.05, 3.63) is 41.3 Å². The van der Waals surface area contributed by atoms with Crippen LogP contribution in [0.3, 0.4) is 0 Å². The summed E-state index contributed by atoms with van der Waals surface area (Å²) < 4.78 is 55.5. The Labute approximate surface area is 105 Å². The second-order valence-corrected chi connectivity index (χ2v) is 3.78. The summed E-state index contributed by atoms with van der Waals surface area (Å²) in [5, 5.41) is 6.03. The van der Waals surface area contributed by atoms with Gasteiger partial charge < -0.3 is 9.84 Å². The van der Waals surface area contributed by atoms with Crippen LogP contribution in [-0.2, 0) is 12.7 Å². The maximum absolute atomic E-state index is 13.4. The monoisotopic (exact) mass is 275 g/mol. The Morgan fingerprint density at radius 1 is 1.32 bits per heavy atom. The van der Waals surface area contributed by atoms with Gasteiger partial charge in [-0.25, -0.2) is 4.39 Å². The lowest BCUT2D eigenvalue weighted by Gasteiger charge is -2.10. The first-order chi connectivity index (χ1) is 8.86. The smallest absolute Gasteiger partial charge is 0.375 e. The van der Waals surface area contributed by atoms with E-state index in [9.17, 15) is 17.6 Å². The number of hydrogen-bond acceptors (Lipinski definition) is 4. The zero-order valence-corrected chi connectivity index (χ0v) is 9.75. The summed E-state index contributed by atoms with van der Waals surface area (Å²) >= 11 is 0. The Balaban J connectivity index is 2.15. The van der Waals surface area contributed by atoms with Crippen LogP contribution in [0, 0.1) is 12.7 Å². The van der Waals surface area contributed by atoms with Crippen LogP contribution in [0.5, 0.6) is 0 Å². The Morgan fingerprint density at radius 3 is 2.63 bits per heavy atom. The molecule has 2 rings (SSSR count). The van der Waals surface area contributed by atoms with E-state index in [1.807, 2.05) is 0 Å². The maximum atomic E-state index is 13.4. The minimum absolute atomic E-state index is 0.0322. The second-order valence-electron chi connectivity index (χ2n) is 3.78. The number of aryl methyl sites for hydroxylation is 1. The lowest BCUT2D eigenvalue weighted by molar-refractivity contribution is -0.137. The van der Waals surface area contributed by atoms with Gasteiger partial charge in [0.2, 0.25) is 5.89 Å². The first-order valence-electron chi connectivity index (χ1n) is 5.26. The third-order valence-electron chi connectivity index (χ3n) is 2.30. The van der Waals surface area contributed by atoms with Gasteiger partial charge in [-0.2, -0.15) is 18.2 Å². The summed E-state index contributed by atoms with van der Waals surface area (Å²) in [6.07, 6.45) is -4.52. The van der Waals surface area contributed by atoms with Gasteiger partial charge >= 0.3 is 6.18 Å². The third kappa shape index (κ3) is 3.21. The zero-order valence-electron chi connectivity index (χ0n) is 9.75. The molecule has 19 heavy (non-hydrogen) atoms. The van der Waals surface area contributed by atoms with Crippen LogP contribution in [-0.4, -0.2) is 10.1 Å². The molecule has 0 saturated carbocycles. The number of rotatable bonds is 3. The van der Waals surface area contributed by atoms with Crippen molar-refractivity contribution < 1.29 is 22.1 Å². The molecule has 0 aliphatic rings. The average molecular weight is 275 g/mol. The first-order valence-corrected chi connectivity index (χ1v) is 5.26. The molecule has 0 atom stereocenters. The van der Waals surface area contributed by atoms with Crippen LogP contribution < -0.4 is 5.32 Å². The van der Waals surface area contributed by atoms with Crippen LogP contribution in [0.1, 0.15) is 17.3 Å². The van der Waals surface area contributed by atoms with E-state index >= 15 is 0 Å². The van der Waals surface area contributed by atoms with Crippen molar-refractivity contribution in [1.29, 1.82) is 0 Å². The molecule has 0 aliphatic carbocycles. The maximum Gasteiger partial charge on any atom is 0.416 e. The van der Waals surface area contributed by atoms with E-state index in [2.05, 4.69) is 20.0 Å². The summed E-state index contributed by atoms with van der Waals surface area (Å²) in [7, 11) is 0. The fourth-order valence-electron chi connectivity index (χ4n) is 1.42. The van der Waals surface area contributed by atoms with E-state index in [1.54, 1.807) is 6.92 Å². The molecule has 0 saturated heterocycles. The molecule has 2 aromatic rings. The highest BCUT2D eigenvalue weighted by Crippen LogP contribution is 2.31. The third-order valence-corrected chi connectivity index (χ3v) is 2.30. The van der Waals surface area contributed by atoms with Gasteiger partial charge in [-0.3, -0.25) is 0 Å². The highest BCUT2D eigenvalue weighted by atomic mass is 19.4. The van der Waals surface area contributed by atoms with E-state index < -0.39 is 17.6 Å². The number of alkyl halides is 3. The number of halogens is 4. The van der Waals surface area contributed by atoms with E-state index in [4.69, 9.17) is 0 Å². The first kappa shape index (κ1) is 13.3. The number of benzene rings is 1. The largest absolute Gasteiger partial charge is 0.416 e. The quantitative estimate of drug-likeness (QED) is 0.874. The molecule has 1 aromatic carbocycles. The van der Waals surface area contributed by atoms with Gasteiger partial charge in [0, 0.05) is 6.92 Å². The second kappa shape index (κ2) is 4.87. The summed E-state index contributed by atoms with van der Waals surface area (Å²) in [5.74, 6) is -0.233. The highest BCUT2D eigenvalue weighted by Gasteiger charge is 2.31. The molecule has 102 valence electrons. The van der Waals surface area contributed by atoms with Crippen LogP contribution in [0.2, 0.25) is 0 Å². The van der Waals surface area contributed by atoms with Crippen LogP contribution in [0.4, 0.5) is 23.2 Å². The normalized spacial score (nSPS) is 11.6. The fourth-order valence-corrected chi connectivity index (χ4v) is 1.42. The molecule has 0 radical (unpaired) electrons. The highest BCUT2D eigenvalue weighted by molar-refractivity contribution is 5.48. The SMILES string of the molecule is Cc1nc(CNc2cc(C(F)(F)F)ccc2F)no1. The van der Waals surface area contributed by atoms with Crippen molar-refractivity contribution in [2.45, 2.75) is 19.6 Å². The van der Waals surface area contributed by atoms with Gasteiger partial charge in [0.05, 0.1) is 17.8 Å². The molecule has 1 heterocycles. The lowest BCUT2D eigenvalue weighted by atomic mass is 10.2. The summed E-state index contributed by atoms with van der Waals surface area (Å²) in [4.78, 5) is 3.84. The lowest BCUT2D eigenvalue weighted by Crippen LogP contribution is -2.08. The van der Waals surface area contributed by atoms with Crippen molar-refractivity contribution in [3.8, 4) is 0 Å². The molecule has 0 aliphatic heterocycles. The summed E-state index contributed by atoms with van der Waals surface area (Å²) in [6, 6.07) is 2.13. The van der Waals surface area contributed by atoms with Gasteiger partial charge in [-0.05, 0) is 18.2 Å². The number of nitrogens with one attached hydrogen (secondary N) is 1. The molecule has 1 N–H and O–H groups in total. The zero-order chi connectivity index (χ0) is 14.0. The van der Waals surface area contributed by atoms with Crippen molar-refractivity contribution in [3.63, 3.8) is 0 Å². The molecule has 1 aromatic heterocycles. The van der Waals surface area contributed by atoms with Crippen molar-refractivity contribution in [2.75, 3.05) is 5.32 Å². The molecular formula is C11H9F4N3O. The van der Waals surface area contributed by atoms with E-state index in [0.29, 0.717) is 18.0 Å². The van der Waals surface area contributed by atoms with E-state index in [1.165, 1.54) is 0 Å². The Hall–Kier alpha value is -2.12. The Bertz CT molecular complexity index is 580. The van der Waals surface area contributed by atoms with Gasteiger partial charge in [-0.15, -0.1) is 0 Å². The molecular weight excluding hydrogens is 266 g/mol. The van der Waals surface area contributed by atoms with Gasteiger partial charge in [0.15, 0.2) is 5.82 Å². The van der Waals surface area contributed by atoms with Crippen molar-refractivity contribution >= 4 is 5.69 Å². The van der Waals surface area contributed by atoms with Crippen LogP contribution >= 0.6 is 0 Å². The Kier molecular flexibility index (Phi) is 3.41. The van der Waals surface area contributed by atoms with Crippen LogP contribution in [0.25, 0.3) is 0 Å². The van der Waals surface area contributed by atoms with Gasteiger partial charge in [0.25, 0.3) is 0 Å². The topological polar surface area (TPSA) is 51.0 Å². The minimum Gasteiger partial charge on any atom is -0.375 e. The molecule has 8 heteroatoms. The van der Waals surface area contributed by atoms with Gasteiger partial charge in [-0.1, -0.05) is 5.16 Å². The van der Waals surface area contributed by atoms with E-state index in [-0.39, 0.29) is 18.1 Å². The molecule has 0 fully saturated rings. The van der Waals surface area contributed by atoms with Crippen molar-refractivity contribution in [2.24, 2.45) is 0 Å². The molecule has 4 nitrogen and oxygen atoms in total. The molecule has 0 spiro atoms. The molecule has 0 amide bonds. The number of nitrogens with zero attached hydrogens (tertiary/aromatic N) is 2. The predicted octanol–water partition coefficient (Wildman–Crippen LogP) is 3.15. The summed E-state index contributed by atoms with van der Waals surface area (Å²) in [5.41, 5.74) is -1.20. The van der Waals surface area contributed by atoms with Crippen LogP contribution in [0.15, 0.2) is 22.7 Å². The van der Waals surface area contributed by atoms with E-state index in [0.717, 1.165) is 6.07 Å². The summed E-state index contributed by atoms with van der Waals surface area (Å²) in [6.45, 7) is 1.54. The predicted molar refractivity (Wildman–Crippen MR) is 57.8 cm³/mol.